The van der Waals surface area contributed by atoms with Crippen molar-refractivity contribution in [3.63, 3.8) is 0 Å². The molecule has 7 nitrogen and oxygen atoms in total. The van der Waals surface area contributed by atoms with Crippen LogP contribution in [0.4, 0.5) is 0 Å². The monoisotopic (exact) mass is 372 g/mol. The molecule has 0 saturated carbocycles. The summed E-state index contributed by atoms with van der Waals surface area (Å²) >= 11 is 0. The van der Waals surface area contributed by atoms with Crippen LogP contribution in [0.5, 0.6) is 17.2 Å². The molecule has 2 aromatic rings. The van der Waals surface area contributed by atoms with Crippen molar-refractivity contribution in [2.75, 3.05) is 13.7 Å². The van der Waals surface area contributed by atoms with Crippen molar-refractivity contribution in [2.45, 2.75) is 26.4 Å². The van der Waals surface area contributed by atoms with Crippen LogP contribution in [0.2, 0.25) is 0 Å². The molecule has 2 aromatic carbocycles. The normalized spacial score (nSPS) is 11.2. The highest BCUT2D eigenvalue weighted by Crippen LogP contribution is 2.25. The van der Waals surface area contributed by atoms with Crippen molar-refractivity contribution < 1.29 is 23.8 Å². The largest absolute Gasteiger partial charge is 0.493 e. The van der Waals surface area contributed by atoms with Gasteiger partial charge in [-0.15, -0.1) is 0 Å². The van der Waals surface area contributed by atoms with E-state index in [-0.39, 0.29) is 6.61 Å². The molecule has 0 saturated heterocycles. The molecule has 1 unspecified atom stereocenters. The number of nitrogens with one attached hydrogen (secondary N) is 2. The predicted molar refractivity (Wildman–Crippen MR) is 101 cm³/mol. The van der Waals surface area contributed by atoms with Gasteiger partial charge in [-0.05, 0) is 37.1 Å². The molecule has 0 spiro atoms. The van der Waals surface area contributed by atoms with Crippen molar-refractivity contribution >= 4 is 11.8 Å². The quantitative estimate of drug-likeness (QED) is 0.695. The highest BCUT2D eigenvalue weighted by atomic mass is 16.5. The Kier molecular flexibility index (Phi) is 7.49. The molecule has 2 N–H and O–H groups in total. The van der Waals surface area contributed by atoms with Gasteiger partial charge in [0.15, 0.2) is 24.2 Å². The van der Waals surface area contributed by atoms with Gasteiger partial charge in [-0.25, -0.2) is 0 Å². The van der Waals surface area contributed by atoms with Crippen molar-refractivity contribution in [1.82, 2.24) is 10.9 Å². The van der Waals surface area contributed by atoms with E-state index in [1.54, 1.807) is 30.3 Å². The summed E-state index contributed by atoms with van der Waals surface area (Å²) in [4.78, 5) is 24.2. The van der Waals surface area contributed by atoms with Crippen LogP contribution in [-0.2, 0) is 9.59 Å². The molecule has 0 fully saturated rings. The van der Waals surface area contributed by atoms with Gasteiger partial charge in [0, 0.05) is 0 Å². The molecule has 1 atom stereocenters. The maximum atomic E-state index is 12.3. The summed E-state index contributed by atoms with van der Waals surface area (Å²) in [6.07, 6.45) is -0.269. The van der Waals surface area contributed by atoms with E-state index in [1.807, 2.05) is 32.0 Å². The number of ether oxygens (including phenoxy) is 3. The molecule has 144 valence electrons. The summed E-state index contributed by atoms with van der Waals surface area (Å²) in [5.74, 6) is 0.652. The highest BCUT2D eigenvalue weighted by Gasteiger charge is 2.19. The minimum absolute atomic E-state index is 0.268. The number of benzene rings is 2. The number of methoxy groups -OCH3 is 1. The first kappa shape index (κ1) is 20.1. The van der Waals surface area contributed by atoms with E-state index in [9.17, 15) is 9.59 Å². The van der Waals surface area contributed by atoms with Crippen LogP contribution >= 0.6 is 0 Å². The maximum absolute atomic E-state index is 12.3. The average Bonchev–Trinajstić information content (AvgIpc) is 2.70. The fourth-order valence-electron chi connectivity index (χ4n) is 2.29. The Labute approximate surface area is 158 Å². The lowest BCUT2D eigenvalue weighted by atomic mass is 10.2. The molecule has 2 amide bonds. The molecule has 0 aliphatic heterocycles. The number of hydrazine groups is 1. The van der Waals surface area contributed by atoms with Gasteiger partial charge < -0.3 is 14.2 Å². The van der Waals surface area contributed by atoms with E-state index in [2.05, 4.69) is 10.9 Å². The van der Waals surface area contributed by atoms with Crippen molar-refractivity contribution in [2.24, 2.45) is 0 Å². The molecule has 0 aliphatic carbocycles. The molecule has 0 aromatic heterocycles. The van der Waals surface area contributed by atoms with E-state index in [0.29, 0.717) is 23.7 Å². The van der Waals surface area contributed by atoms with Crippen molar-refractivity contribution in [3.05, 3.63) is 54.1 Å². The van der Waals surface area contributed by atoms with Gasteiger partial charge in [0.25, 0.3) is 11.8 Å². The Hall–Kier alpha value is -3.22. The van der Waals surface area contributed by atoms with Crippen molar-refractivity contribution in [3.8, 4) is 17.2 Å². The zero-order chi connectivity index (χ0) is 19.6. The SMILES string of the molecule is CCC(Oc1ccccc1C)C(=O)NNC(=O)COc1ccccc1OC. The van der Waals surface area contributed by atoms with Crippen LogP contribution < -0.4 is 25.1 Å². The van der Waals surface area contributed by atoms with Crippen LogP contribution in [-0.4, -0.2) is 31.6 Å². The minimum Gasteiger partial charge on any atom is -0.493 e. The third-order valence-electron chi connectivity index (χ3n) is 3.78. The molecule has 27 heavy (non-hydrogen) atoms. The van der Waals surface area contributed by atoms with Gasteiger partial charge >= 0.3 is 0 Å². The lowest BCUT2D eigenvalue weighted by Gasteiger charge is -2.18. The van der Waals surface area contributed by atoms with Crippen molar-refractivity contribution in [1.29, 1.82) is 0 Å². The van der Waals surface area contributed by atoms with E-state index >= 15 is 0 Å². The Morgan fingerprint density at radius 3 is 2.22 bits per heavy atom. The first-order chi connectivity index (χ1) is 13.0. The first-order valence-corrected chi connectivity index (χ1v) is 8.62. The first-order valence-electron chi connectivity index (χ1n) is 8.62. The third kappa shape index (κ3) is 5.91. The molecule has 0 aliphatic rings. The Morgan fingerprint density at radius 2 is 1.59 bits per heavy atom. The third-order valence-corrected chi connectivity index (χ3v) is 3.78. The lowest BCUT2D eigenvalue weighted by molar-refractivity contribution is -0.134. The summed E-state index contributed by atoms with van der Waals surface area (Å²) in [7, 11) is 1.52. The molecule has 2 rings (SSSR count). The van der Waals surface area contributed by atoms with E-state index < -0.39 is 17.9 Å². The van der Waals surface area contributed by atoms with Crippen LogP contribution in [0.3, 0.4) is 0 Å². The zero-order valence-corrected chi connectivity index (χ0v) is 15.7. The van der Waals surface area contributed by atoms with E-state index in [1.165, 1.54) is 7.11 Å². The molecular formula is C20H24N2O5. The summed E-state index contributed by atoms with van der Waals surface area (Å²) in [6.45, 7) is 3.46. The standard InChI is InChI=1S/C20H24N2O5/c1-4-15(27-16-10-6-5-9-14(16)2)20(24)22-21-19(23)13-26-18-12-8-7-11-17(18)25-3/h5-12,15H,4,13H2,1-3H3,(H,21,23)(H,22,24). The zero-order valence-electron chi connectivity index (χ0n) is 15.7. The van der Waals surface area contributed by atoms with Crippen LogP contribution in [0, 0.1) is 6.92 Å². The highest BCUT2D eigenvalue weighted by molar-refractivity contribution is 5.85. The predicted octanol–water partition coefficient (Wildman–Crippen LogP) is 2.39. The maximum Gasteiger partial charge on any atom is 0.279 e. The summed E-state index contributed by atoms with van der Waals surface area (Å²) in [5.41, 5.74) is 5.61. The lowest BCUT2D eigenvalue weighted by Crippen LogP contribution is -2.49. The Bertz CT molecular complexity index is 778. The number of carbonyl (C=O) groups is 2. The van der Waals surface area contributed by atoms with Crippen LogP contribution in [0.15, 0.2) is 48.5 Å². The number of hydrogen-bond donors (Lipinski definition) is 2. The van der Waals surface area contributed by atoms with Crippen LogP contribution in [0.25, 0.3) is 0 Å². The summed E-state index contributed by atoms with van der Waals surface area (Å²) < 4.78 is 16.3. The van der Waals surface area contributed by atoms with Gasteiger partial charge in [-0.3, -0.25) is 20.4 Å². The van der Waals surface area contributed by atoms with Gasteiger partial charge in [0.1, 0.15) is 5.75 Å². The van der Waals surface area contributed by atoms with Crippen LogP contribution in [0.1, 0.15) is 18.9 Å². The Balaban J connectivity index is 1.82. The second kappa shape index (κ2) is 10.1. The van der Waals surface area contributed by atoms with Gasteiger partial charge in [-0.2, -0.15) is 0 Å². The number of aryl methyl sites for hydroxylation is 1. The summed E-state index contributed by atoms with van der Waals surface area (Å²) in [6, 6.07) is 14.4. The average molecular weight is 372 g/mol. The fraction of sp³-hybridized carbons (Fsp3) is 0.300. The molecule has 0 radical (unpaired) electrons. The summed E-state index contributed by atoms with van der Waals surface area (Å²) in [5, 5.41) is 0. The topological polar surface area (TPSA) is 85.9 Å². The molecule has 0 heterocycles. The van der Waals surface area contributed by atoms with Gasteiger partial charge in [-0.1, -0.05) is 37.3 Å². The molecular weight excluding hydrogens is 348 g/mol. The number of hydrogen-bond acceptors (Lipinski definition) is 5. The minimum atomic E-state index is -0.721. The number of carbonyl (C=O) groups excluding carboxylic acids is 2. The van der Waals surface area contributed by atoms with Gasteiger partial charge in [0.05, 0.1) is 7.11 Å². The molecule has 0 bridgehead atoms. The second-order valence-electron chi connectivity index (χ2n) is 5.76. The second-order valence-corrected chi connectivity index (χ2v) is 5.76. The number of rotatable bonds is 8. The van der Waals surface area contributed by atoms with Gasteiger partial charge in [0.2, 0.25) is 0 Å². The number of amides is 2. The molecule has 7 heteroatoms. The smallest absolute Gasteiger partial charge is 0.279 e. The fourth-order valence-corrected chi connectivity index (χ4v) is 2.29. The van der Waals surface area contributed by atoms with E-state index in [4.69, 9.17) is 14.2 Å². The number of para-hydroxylation sites is 3. The van der Waals surface area contributed by atoms with E-state index in [0.717, 1.165) is 5.56 Å². The Morgan fingerprint density at radius 1 is 0.963 bits per heavy atom.